The number of carbonyl (C=O) groups is 1. The Morgan fingerprint density at radius 2 is 1.83 bits per heavy atom. The summed E-state index contributed by atoms with van der Waals surface area (Å²) in [6, 6.07) is 8.08. The molecule has 23 heavy (non-hydrogen) atoms. The molecule has 2 aromatic rings. The first-order chi connectivity index (χ1) is 11.2. The first-order valence-corrected chi connectivity index (χ1v) is 7.37. The van der Waals surface area contributed by atoms with E-state index in [-0.39, 0.29) is 12.5 Å². The number of benzene rings is 2. The Bertz CT molecular complexity index is 866. The van der Waals surface area contributed by atoms with E-state index in [9.17, 15) is 9.18 Å². The van der Waals surface area contributed by atoms with Gasteiger partial charge < -0.3 is 19.5 Å². The van der Waals surface area contributed by atoms with Crippen LogP contribution < -0.4 is 19.5 Å². The van der Waals surface area contributed by atoms with Crippen LogP contribution in [0, 0.1) is 5.82 Å². The summed E-state index contributed by atoms with van der Waals surface area (Å²) in [5, 5.41) is 2.76. The van der Waals surface area contributed by atoms with Crippen LogP contribution in [0.2, 0.25) is 0 Å². The third-order valence-electron chi connectivity index (χ3n) is 4.62. The highest BCUT2D eigenvalue weighted by atomic mass is 19.1. The molecule has 1 atom stereocenters. The largest absolute Gasteiger partial charge is 0.491 e. The standard InChI is InChI=1S/C17H12FNO4/c18-10-2-1-3-11-15(10)17(16(20)19-11)8-23-12-7-14-13(6-9(12)17)21-4-5-22-14/h1-3,6-7H,4-5,8H2,(H,19,20). The third kappa shape index (κ3) is 1.48. The normalized spacial score (nSPS) is 23.3. The highest BCUT2D eigenvalue weighted by molar-refractivity contribution is 6.10. The van der Waals surface area contributed by atoms with E-state index in [1.807, 2.05) is 0 Å². The fourth-order valence-corrected chi connectivity index (χ4v) is 3.59. The highest BCUT2D eigenvalue weighted by Crippen LogP contribution is 2.53. The van der Waals surface area contributed by atoms with E-state index in [1.54, 1.807) is 24.3 Å². The number of hydrogen-bond donors (Lipinski definition) is 1. The summed E-state index contributed by atoms with van der Waals surface area (Å²) in [6.45, 7) is 0.969. The second-order valence-corrected chi connectivity index (χ2v) is 5.80. The van der Waals surface area contributed by atoms with Gasteiger partial charge in [-0.25, -0.2) is 4.39 Å². The molecule has 0 saturated heterocycles. The van der Waals surface area contributed by atoms with Crippen LogP contribution in [0.25, 0.3) is 0 Å². The van der Waals surface area contributed by atoms with Crippen molar-refractivity contribution in [3.63, 3.8) is 0 Å². The van der Waals surface area contributed by atoms with Gasteiger partial charge in [0.25, 0.3) is 0 Å². The Hall–Kier alpha value is -2.76. The average Bonchev–Trinajstić information content (AvgIpc) is 3.06. The molecule has 2 aromatic carbocycles. The van der Waals surface area contributed by atoms with Gasteiger partial charge in [0.2, 0.25) is 5.91 Å². The molecule has 1 unspecified atom stereocenters. The fourth-order valence-electron chi connectivity index (χ4n) is 3.59. The first-order valence-electron chi connectivity index (χ1n) is 7.37. The van der Waals surface area contributed by atoms with Crippen molar-refractivity contribution in [3.05, 3.63) is 47.3 Å². The number of amides is 1. The monoisotopic (exact) mass is 313 g/mol. The number of ether oxygens (including phenoxy) is 3. The van der Waals surface area contributed by atoms with Crippen molar-refractivity contribution in [3.8, 4) is 17.2 Å². The molecule has 5 nitrogen and oxygen atoms in total. The number of anilines is 1. The summed E-state index contributed by atoms with van der Waals surface area (Å²) in [5.41, 5.74) is 0.260. The highest BCUT2D eigenvalue weighted by Gasteiger charge is 2.55. The fraction of sp³-hybridized carbons (Fsp3) is 0.235. The summed E-state index contributed by atoms with van der Waals surface area (Å²) in [4.78, 5) is 12.7. The van der Waals surface area contributed by atoms with Crippen LogP contribution in [0.1, 0.15) is 11.1 Å². The molecule has 0 bridgehead atoms. The maximum Gasteiger partial charge on any atom is 0.243 e. The second kappa shape index (κ2) is 4.16. The number of carbonyl (C=O) groups excluding carboxylic acids is 1. The van der Waals surface area contributed by atoms with Gasteiger partial charge >= 0.3 is 0 Å². The summed E-state index contributed by atoms with van der Waals surface area (Å²) in [7, 11) is 0. The van der Waals surface area contributed by atoms with Crippen molar-refractivity contribution in [2.45, 2.75) is 5.41 Å². The minimum absolute atomic E-state index is 0.0605. The van der Waals surface area contributed by atoms with Gasteiger partial charge in [0.05, 0.1) is 0 Å². The Morgan fingerprint density at radius 3 is 2.65 bits per heavy atom. The van der Waals surface area contributed by atoms with Crippen LogP contribution in [-0.4, -0.2) is 25.7 Å². The van der Waals surface area contributed by atoms with Gasteiger partial charge in [-0.2, -0.15) is 0 Å². The zero-order valence-electron chi connectivity index (χ0n) is 12.0. The van der Waals surface area contributed by atoms with Crippen molar-refractivity contribution in [2.24, 2.45) is 0 Å². The van der Waals surface area contributed by atoms with E-state index in [0.29, 0.717) is 47.3 Å². The zero-order valence-corrected chi connectivity index (χ0v) is 12.0. The van der Waals surface area contributed by atoms with E-state index in [2.05, 4.69) is 5.32 Å². The molecule has 116 valence electrons. The van der Waals surface area contributed by atoms with Crippen molar-refractivity contribution in [1.29, 1.82) is 0 Å². The number of nitrogens with one attached hydrogen (secondary N) is 1. The van der Waals surface area contributed by atoms with Gasteiger partial charge in [-0.05, 0) is 18.2 Å². The van der Waals surface area contributed by atoms with Crippen LogP contribution in [0.5, 0.6) is 17.2 Å². The molecule has 3 heterocycles. The SMILES string of the molecule is O=C1Nc2cccc(F)c2C12COc1cc3c(cc12)OCCO3. The summed E-state index contributed by atoms with van der Waals surface area (Å²) >= 11 is 0. The lowest BCUT2D eigenvalue weighted by atomic mass is 9.76. The quantitative estimate of drug-likeness (QED) is 0.810. The van der Waals surface area contributed by atoms with Crippen molar-refractivity contribution in [1.82, 2.24) is 0 Å². The Balaban J connectivity index is 1.78. The Kier molecular flexibility index (Phi) is 2.30. The summed E-state index contributed by atoms with van der Waals surface area (Å²) in [5.74, 6) is 0.956. The Labute approximate surface area is 131 Å². The molecule has 1 amide bonds. The number of hydrogen-bond acceptors (Lipinski definition) is 4. The minimum Gasteiger partial charge on any atom is -0.491 e. The topological polar surface area (TPSA) is 56.8 Å². The van der Waals surface area contributed by atoms with Gasteiger partial charge in [0, 0.05) is 22.9 Å². The maximum atomic E-state index is 14.5. The molecule has 0 saturated carbocycles. The second-order valence-electron chi connectivity index (χ2n) is 5.80. The number of fused-ring (bicyclic) bond motifs is 5. The van der Waals surface area contributed by atoms with Crippen molar-refractivity contribution < 1.29 is 23.4 Å². The lowest BCUT2D eigenvalue weighted by Crippen LogP contribution is -2.37. The van der Waals surface area contributed by atoms with E-state index >= 15 is 0 Å². The first kappa shape index (κ1) is 12.8. The number of halogens is 1. The molecule has 0 aromatic heterocycles. The molecule has 0 radical (unpaired) electrons. The van der Waals surface area contributed by atoms with E-state index in [1.165, 1.54) is 6.07 Å². The predicted octanol–water partition coefficient (Wildman–Crippen LogP) is 2.23. The lowest BCUT2D eigenvalue weighted by Gasteiger charge is -2.23. The molecule has 3 aliphatic rings. The molecule has 6 heteroatoms. The van der Waals surface area contributed by atoms with Crippen LogP contribution in [0.3, 0.4) is 0 Å². The smallest absolute Gasteiger partial charge is 0.243 e. The number of rotatable bonds is 0. The average molecular weight is 313 g/mol. The third-order valence-corrected chi connectivity index (χ3v) is 4.62. The van der Waals surface area contributed by atoms with Gasteiger partial charge in [-0.15, -0.1) is 0 Å². The molecule has 0 aliphatic carbocycles. The van der Waals surface area contributed by atoms with Gasteiger partial charge in [0.15, 0.2) is 11.5 Å². The maximum absolute atomic E-state index is 14.5. The van der Waals surface area contributed by atoms with Gasteiger partial charge in [-0.3, -0.25) is 4.79 Å². The van der Waals surface area contributed by atoms with E-state index in [0.717, 1.165) is 0 Å². The summed E-state index contributed by atoms with van der Waals surface area (Å²) in [6.07, 6.45) is 0. The minimum atomic E-state index is -1.17. The molecule has 1 spiro atoms. The van der Waals surface area contributed by atoms with Crippen LogP contribution in [-0.2, 0) is 10.2 Å². The van der Waals surface area contributed by atoms with Crippen LogP contribution in [0.15, 0.2) is 30.3 Å². The molecular formula is C17H12FNO4. The van der Waals surface area contributed by atoms with Gasteiger partial charge in [0.1, 0.15) is 36.8 Å². The predicted molar refractivity (Wildman–Crippen MR) is 78.7 cm³/mol. The molecule has 3 aliphatic heterocycles. The van der Waals surface area contributed by atoms with E-state index < -0.39 is 11.2 Å². The molecule has 1 N–H and O–H groups in total. The Morgan fingerprint density at radius 1 is 1.04 bits per heavy atom. The zero-order chi connectivity index (χ0) is 15.6. The van der Waals surface area contributed by atoms with E-state index in [4.69, 9.17) is 14.2 Å². The lowest BCUT2D eigenvalue weighted by molar-refractivity contribution is -0.119. The molecular weight excluding hydrogens is 301 g/mol. The summed E-state index contributed by atoms with van der Waals surface area (Å²) < 4.78 is 31.4. The molecule has 5 rings (SSSR count). The van der Waals surface area contributed by atoms with Crippen LogP contribution in [0.4, 0.5) is 10.1 Å². The van der Waals surface area contributed by atoms with Gasteiger partial charge in [-0.1, -0.05) is 6.07 Å². The van der Waals surface area contributed by atoms with Crippen molar-refractivity contribution in [2.75, 3.05) is 25.1 Å². The van der Waals surface area contributed by atoms with Crippen molar-refractivity contribution >= 4 is 11.6 Å². The van der Waals surface area contributed by atoms with Crippen LogP contribution >= 0.6 is 0 Å². The molecule has 0 fully saturated rings.